The predicted octanol–water partition coefficient (Wildman–Crippen LogP) is 2.77. The van der Waals surface area contributed by atoms with Gasteiger partial charge in [0.1, 0.15) is 0 Å². The summed E-state index contributed by atoms with van der Waals surface area (Å²) < 4.78 is 57.8. The van der Waals surface area contributed by atoms with E-state index in [-0.39, 0.29) is 5.92 Å². The Hall–Kier alpha value is -0.520. The molecule has 0 aromatic heterocycles. The van der Waals surface area contributed by atoms with Gasteiger partial charge in [0, 0.05) is 18.1 Å². The molecule has 0 spiro atoms. The van der Waals surface area contributed by atoms with E-state index in [4.69, 9.17) is 0 Å². The third kappa shape index (κ3) is 8.47. The molecule has 0 aliphatic rings. The van der Waals surface area contributed by atoms with Crippen molar-refractivity contribution in [2.24, 2.45) is 11.8 Å². The Labute approximate surface area is 88.1 Å². The third-order valence-electron chi connectivity index (χ3n) is 1.90. The molecule has 90 valence electrons. The lowest BCUT2D eigenvalue weighted by molar-refractivity contribution is -0.143. The van der Waals surface area contributed by atoms with Crippen molar-refractivity contribution in [1.82, 2.24) is 0 Å². The zero-order valence-electron chi connectivity index (χ0n) is 8.88. The molecule has 0 N–H and O–H groups in total. The van der Waals surface area contributed by atoms with Crippen molar-refractivity contribution in [2.45, 2.75) is 26.4 Å². The fourth-order valence-corrected chi connectivity index (χ4v) is 1.52. The summed E-state index contributed by atoms with van der Waals surface area (Å²) in [5.41, 5.74) is 0. The number of alkyl halides is 3. The number of rotatable bonds is 4. The molecule has 6 heteroatoms. The second-order valence-corrected chi connectivity index (χ2v) is 5.82. The summed E-state index contributed by atoms with van der Waals surface area (Å²) in [6.07, 6.45) is -3.19. The van der Waals surface area contributed by atoms with Gasteiger partial charge in [0.15, 0.2) is 9.84 Å². The molecule has 0 saturated heterocycles. The van der Waals surface area contributed by atoms with Gasteiger partial charge in [0.05, 0.1) is 0 Å². The lowest BCUT2D eigenvalue weighted by Crippen LogP contribution is -2.18. The Bertz CT molecular complexity index is 315. The zero-order valence-corrected chi connectivity index (χ0v) is 9.69. The maximum atomic E-state index is 12.1. The summed E-state index contributed by atoms with van der Waals surface area (Å²) in [6.45, 7) is 3.26. The van der Waals surface area contributed by atoms with Crippen LogP contribution in [0.2, 0.25) is 0 Å². The van der Waals surface area contributed by atoms with Gasteiger partial charge < -0.3 is 0 Å². The second-order valence-electron chi connectivity index (χ2n) is 3.89. The standard InChI is InChI=1S/C9H15F3O2S/c1-7(2)8(6-9(10,11)12)4-5-15(3,13)14/h4-5,7-8H,6H2,1-3H3/b5-4+/t8-/m1/s1. The van der Waals surface area contributed by atoms with Crippen molar-refractivity contribution >= 4 is 9.84 Å². The molecule has 0 amide bonds. The van der Waals surface area contributed by atoms with Gasteiger partial charge >= 0.3 is 6.18 Å². The van der Waals surface area contributed by atoms with Crippen molar-refractivity contribution in [3.63, 3.8) is 0 Å². The lowest BCUT2D eigenvalue weighted by Gasteiger charge is -2.18. The van der Waals surface area contributed by atoms with Crippen LogP contribution in [0, 0.1) is 11.8 Å². The van der Waals surface area contributed by atoms with E-state index in [1.54, 1.807) is 13.8 Å². The van der Waals surface area contributed by atoms with Gasteiger partial charge in [0.25, 0.3) is 0 Å². The Kier molecular flexibility index (Phi) is 4.83. The first-order valence-electron chi connectivity index (χ1n) is 4.46. The molecule has 0 heterocycles. The molecule has 0 bridgehead atoms. The summed E-state index contributed by atoms with van der Waals surface area (Å²) in [5.74, 6) is -1.04. The molecule has 0 aromatic rings. The fraction of sp³-hybridized carbons (Fsp3) is 0.778. The first-order chi connectivity index (χ1) is 6.51. The second kappa shape index (κ2) is 5.01. The van der Waals surface area contributed by atoms with Gasteiger partial charge in [-0.15, -0.1) is 0 Å². The highest BCUT2D eigenvalue weighted by Crippen LogP contribution is 2.29. The van der Waals surface area contributed by atoms with Gasteiger partial charge in [-0.1, -0.05) is 19.9 Å². The van der Waals surface area contributed by atoms with E-state index in [0.717, 1.165) is 17.7 Å². The molecule has 15 heavy (non-hydrogen) atoms. The maximum Gasteiger partial charge on any atom is 0.389 e. The van der Waals surface area contributed by atoms with E-state index in [9.17, 15) is 21.6 Å². The average molecular weight is 244 g/mol. The van der Waals surface area contributed by atoms with Crippen LogP contribution in [0.1, 0.15) is 20.3 Å². The van der Waals surface area contributed by atoms with E-state index in [2.05, 4.69) is 0 Å². The van der Waals surface area contributed by atoms with Gasteiger partial charge in [-0.05, 0) is 11.8 Å². The minimum atomic E-state index is -4.27. The van der Waals surface area contributed by atoms with Crippen molar-refractivity contribution in [1.29, 1.82) is 0 Å². The van der Waals surface area contributed by atoms with Crippen LogP contribution in [0.4, 0.5) is 13.2 Å². The quantitative estimate of drug-likeness (QED) is 0.762. The summed E-state index contributed by atoms with van der Waals surface area (Å²) in [7, 11) is -3.36. The van der Waals surface area contributed by atoms with Crippen LogP contribution in [0.15, 0.2) is 11.5 Å². The minimum absolute atomic E-state index is 0.246. The molecular weight excluding hydrogens is 229 g/mol. The average Bonchev–Trinajstić information content (AvgIpc) is 1.93. The molecule has 2 nitrogen and oxygen atoms in total. The van der Waals surface area contributed by atoms with Crippen molar-refractivity contribution in [3.8, 4) is 0 Å². The van der Waals surface area contributed by atoms with E-state index < -0.39 is 28.4 Å². The van der Waals surface area contributed by atoms with Crippen LogP contribution in [0.3, 0.4) is 0 Å². The zero-order chi connectivity index (χ0) is 12.3. The summed E-state index contributed by atoms with van der Waals surface area (Å²) in [5, 5.41) is 0.837. The molecule has 1 atom stereocenters. The Morgan fingerprint density at radius 1 is 1.27 bits per heavy atom. The molecular formula is C9H15F3O2S. The Morgan fingerprint density at radius 3 is 2.00 bits per heavy atom. The topological polar surface area (TPSA) is 34.1 Å². The number of halogens is 3. The molecule has 0 aliphatic carbocycles. The van der Waals surface area contributed by atoms with Gasteiger partial charge in [0.2, 0.25) is 0 Å². The fourth-order valence-electron chi connectivity index (χ4n) is 1.04. The van der Waals surface area contributed by atoms with Gasteiger partial charge in [-0.25, -0.2) is 8.42 Å². The number of hydrogen-bond acceptors (Lipinski definition) is 2. The highest BCUT2D eigenvalue weighted by Gasteiger charge is 2.32. The third-order valence-corrected chi connectivity index (χ3v) is 2.55. The number of hydrogen-bond donors (Lipinski definition) is 0. The van der Waals surface area contributed by atoms with E-state index in [0.29, 0.717) is 0 Å². The lowest BCUT2D eigenvalue weighted by atomic mass is 9.92. The van der Waals surface area contributed by atoms with E-state index in [1.807, 2.05) is 0 Å². The highest BCUT2D eigenvalue weighted by atomic mass is 32.2. The minimum Gasteiger partial charge on any atom is -0.225 e. The largest absolute Gasteiger partial charge is 0.389 e. The summed E-state index contributed by atoms with van der Waals surface area (Å²) >= 11 is 0. The summed E-state index contributed by atoms with van der Waals surface area (Å²) in [6, 6.07) is 0. The Morgan fingerprint density at radius 2 is 1.73 bits per heavy atom. The van der Waals surface area contributed by atoms with Crippen LogP contribution < -0.4 is 0 Å². The van der Waals surface area contributed by atoms with Crippen molar-refractivity contribution in [2.75, 3.05) is 6.26 Å². The molecule has 0 aromatic carbocycles. The predicted molar refractivity (Wildman–Crippen MR) is 53.0 cm³/mol. The van der Waals surface area contributed by atoms with Gasteiger partial charge in [-0.3, -0.25) is 0 Å². The monoisotopic (exact) mass is 244 g/mol. The first kappa shape index (κ1) is 14.5. The molecule has 0 unspecified atom stereocenters. The van der Waals surface area contributed by atoms with Crippen LogP contribution in [0.5, 0.6) is 0 Å². The smallest absolute Gasteiger partial charge is 0.225 e. The maximum absolute atomic E-state index is 12.1. The summed E-state index contributed by atoms with van der Waals surface area (Å²) in [4.78, 5) is 0. The normalized spacial score (nSPS) is 16.2. The Balaban J connectivity index is 4.64. The number of allylic oxidation sites excluding steroid dienone is 1. The molecule has 0 saturated carbocycles. The molecule has 0 fully saturated rings. The number of sulfone groups is 1. The van der Waals surface area contributed by atoms with Gasteiger partial charge in [-0.2, -0.15) is 13.2 Å². The van der Waals surface area contributed by atoms with Crippen LogP contribution in [-0.4, -0.2) is 20.8 Å². The van der Waals surface area contributed by atoms with E-state index in [1.165, 1.54) is 0 Å². The van der Waals surface area contributed by atoms with Crippen LogP contribution in [0.25, 0.3) is 0 Å². The van der Waals surface area contributed by atoms with E-state index >= 15 is 0 Å². The molecule has 0 rings (SSSR count). The van der Waals surface area contributed by atoms with Crippen molar-refractivity contribution < 1.29 is 21.6 Å². The SMILES string of the molecule is CC(C)[C@H](/C=C/S(C)(=O)=O)CC(F)(F)F. The van der Waals surface area contributed by atoms with Crippen molar-refractivity contribution in [3.05, 3.63) is 11.5 Å². The molecule has 0 aliphatic heterocycles. The molecule has 0 radical (unpaired) electrons. The first-order valence-corrected chi connectivity index (χ1v) is 6.42. The highest BCUT2D eigenvalue weighted by molar-refractivity contribution is 7.93. The van der Waals surface area contributed by atoms with Crippen LogP contribution in [-0.2, 0) is 9.84 Å². The van der Waals surface area contributed by atoms with Crippen LogP contribution >= 0.6 is 0 Å².